The average Bonchev–Trinajstić information content (AvgIpc) is 2.66. The molecule has 3 aromatic rings. The number of hydrogen-bond acceptors (Lipinski definition) is 2. The van der Waals surface area contributed by atoms with E-state index in [2.05, 4.69) is 0 Å². The van der Waals surface area contributed by atoms with Gasteiger partial charge in [0.1, 0.15) is 29.2 Å². The van der Waals surface area contributed by atoms with Crippen molar-refractivity contribution in [3.63, 3.8) is 0 Å². The van der Waals surface area contributed by atoms with E-state index in [9.17, 15) is 13.2 Å². The maximum absolute atomic E-state index is 12.9. The second-order valence-corrected chi connectivity index (χ2v) is 6.91. The standard InChI is InChI=1S/C21H15Cl2F3O2/c22-20(23)10-11-27-18-8-2-7-17-16(18)6-3-9-19(17)28-13-14-4-1-5-15(12-14)21(24,25)26/h1-10,12H,11,13H2. The third-order valence-electron chi connectivity index (χ3n) is 3.97. The molecule has 0 aliphatic rings. The zero-order valence-electron chi connectivity index (χ0n) is 14.5. The lowest BCUT2D eigenvalue weighted by molar-refractivity contribution is -0.137. The third-order valence-corrected chi connectivity index (χ3v) is 4.28. The topological polar surface area (TPSA) is 18.5 Å². The maximum atomic E-state index is 12.9. The van der Waals surface area contributed by atoms with Crippen molar-refractivity contribution >= 4 is 34.0 Å². The number of benzene rings is 3. The molecule has 0 heterocycles. The number of alkyl halides is 3. The van der Waals surface area contributed by atoms with E-state index < -0.39 is 11.7 Å². The monoisotopic (exact) mass is 426 g/mol. The van der Waals surface area contributed by atoms with Crippen molar-refractivity contribution < 1.29 is 22.6 Å². The first kappa shape index (κ1) is 20.4. The van der Waals surface area contributed by atoms with Crippen LogP contribution in [0.25, 0.3) is 10.8 Å². The highest BCUT2D eigenvalue weighted by molar-refractivity contribution is 6.55. The van der Waals surface area contributed by atoms with Crippen LogP contribution in [0.15, 0.2) is 71.2 Å². The molecule has 0 unspecified atom stereocenters. The van der Waals surface area contributed by atoms with Crippen LogP contribution in [0.3, 0.4) is 0 Å². The highest BCUT2D eigenvalue weighted by atomic mass is 35.5. The molecule has 0 aromatic heterocycles. The molecule has 3 aromatic carbocycles. The van der Waals surface area contributed by atoms with Gasteiger partial charge in [0, 0.05) is 10.8 Å². The summed E-state index contributed by atoms with van der Waals surface area (Å²) in [6.07, 6.45) is -2.86. The second kappa shape index (κ2) is 8.76. The van der Waals surface area contributed by atoms with Crippen LogP contribution in [-0.4, -0.2) is 6.61 Å². The summed E-state index contributed by atoms with van der Waals surface area (Å²) >= 11 is 11.2. The minimum atomic E-state index is -4.39. The van der Waals surface area contributed by atoms with Gasteiger partial charge in [0.25, 0.3) is 0 Å². The van der Waals surface area contributed by atoms with Gasteiger partial charge < -0.3 is 9.47 Å². The minimum absolute atomic E-state index is 0.0126. The SMILES string of the molecule is FC(F)(F)c1cccc(COc2cccc3c(OCC=C(Cl)Cl)cccc23)c1. The van der Waals surface area contributed by atoms with Crippen molar-refractivity contribution in [2.24, 2.45) is 0 Å². The van der Waals surface area contributed by atoms with Crippen molar-refractivity contribution in [3.05, 3.63) is 82.4 Å². The molecule has 0 saturated carbocycles. The largest absolute Gasteiger partial charge is 0.489 e. The molecule has 28 heavy (non-hydrogen) atoms. The molecule has 0 bridgehead atoms. The Kier molecular flexibility index (Phi) is 6.37. The van der Waals surface area contributed by atoms with E-state index in [1.54, 1.807) is 30.3 Å². The summed E-state index contributed by atoms with van der Waals surface area (Å²) in [6, 6.07) is 16.0. The van der Waals surface area contributed by atoms with Crippen molar-refractivity contribution in [2.75, 3.05) is 6.61 Å². The molecule has 0 amide bonds. The molecule has 7 heteroatoms. The summed E-state index contributed by atoms with van der Waals surface area (Å²) in [4.78, 5) is 0. The van der Waals surface area contributed by atoms with Crippen LogP contribution in [0, 0.1) is 0 Å². The Hall–Kier alpha value is -2.37. The summed E-state index contributed by atoms with van der Waals surface area (Å²) in [6.45, 7) is 0.218. The van der Waals surface area contributed by atoms with Crippen LogP contribution in [0.1, 0.15) is 11.1 Å². The van der Waals surface area contributed by atoms with Crippen molar-refractivity contribution in [2.45, 2.75) is 12.8 Å². The normalized spacial score (nSPS) is 11.3. The number of halogens is 5. The van der Waals surface area contributed by atoms with Crippen molar-refractivity contribution in [1.29, 1.82) is 0 Å². The highest BCUT2D eigenvalue weighted by Gasteiger charge is 2.30. The highest BCUT2D eigenvalue weighted by Crippen LogP contribution is 2.33. The predicted molar refractivity (Wildman–Crippen MR) is 105 cm³/mol. The van der Waals surface area contributed by atoms with Gasteiger partial charge in [0.2, 0.25) is 0 Å². The first-order valence-electron chi connectivity index (χ1n) is 8.29. The number of hydrogen-bond donors (Lipinski definition) is 0. The van der Waals surface area contributed by atoms with Crippen LogP contribution in [0.2, 0.25) is 0 Å². The van der Waals surface area contributed by atoms with Gasteiger partial charge in [0.05, 0.1) is 5.56 Å². The molecule has 0 fully saturated rings. The van der Waals surface area contributed by atoms with E-state index in [0.29, 0.717) is 17.1 Å². The molecule has 0 saturated heterocycles. The van der Waals surface area contributed by atoms with Crippen LogP contribution in [-0.2, 0) is 12.8 Å². The van der Waals surface area contributed by atoms with Gasteiger partial charge in [-0.2, -0.15) is 13.2 Å². The first-order chi connectivity index (χ1) is 13.3. The molecule has 0 N–H and O–H groups in total. The molecule has 3 rings (SSSR count). The van der Waals surface area contributed by atoms with Gasteiger partial charge >= 0.3 is 6.18 Å². The smallest absolute Gasteiger partial charge is 0.416 e. The second-order valence-electron chi connectivity index (χ2n) is 5.90. The van der Waals surface area contributed by atoms with Gasteiger partial charge in [-0.1, -0.05) is 59.6 Å². The zero-order chi connectivity index (χ0) is 20.1. The summed E-state index contributed by atoms with van der Waals surface area (Å²) in [5, 5.41) is 1.59. The summed E-state index contributed by atoms with van der Waals surface area (Å²) in [5.41, 5.74) is -0.269. The Bertz CT molecular complexity index is 996. The summed E-state index contributed by atoms with van der Waals surface area (Å²) in [5.74, 6) is 1.17. The van der Waals surface area contributed by atoms with Gasteiger partial charge in [-0.3, -0.25) is 0 Å². The van der Waals surface area contributed by atoms with Gasteiger partial charge in [-0.05, 0) is 35.9 Å². The lowest BCUT2D eigenvalue weighted by Gasteiger charge is -2.13. The Morgan fingerprint density at radius 2 is 1.46 bits per heavy atom. The molecule has 2 nitrogen and oxygen atoms in total. The lowest BCUT2D eigenvalue weighted by Crippen LogP contribution is -2.06. The van der Waals surface area contributed by atoms with Crippen molar-refractivity contribution in [1.82, 2.24) is 0 Å². The summed E-state index contributed by atoms with van der Waals surface area (Å²) < 4.78 is 50.2. The zero-order valence-corrected chi connectivity index (χ0v) is 16.0. The van der Waals surface area contributed by atoms with Gasteiger partial charge in [-0.25, -0.2) is 0 Å². The molecule has 0 aliphatic heterocycles. The van der Waals surface area contributed by atoms with Crippen LogP contribution in [0.5, 0.6) is 11.5 Å². The fourth-order valence-electron chi connectivity index (χ4n) is 2.70. The van der Waals surface area contributed by atoms with E-state index in [1.807, 2.05) is 12.1 Å². The molecule has 0 atom stereocenters. The Morgan fingerprint density at radius 3 is 2.07 bits per heavy atom. The summed E-state index contributed by atoms with van der Waals surface area (Å²) in [7, 11) is 0. The predicted octanol–water partition coefficient (Wildman–Crippen LogP) is 7.14. The van der Waals surface area contributed by atoms with Crippen molar-refractivity contribution in [3.8, 4) is 11.5 Å². The van der Waals surface area contributed by atoms with Crippen LogP contribution < -0.4 is 9.47 Å². The number of fused-ring (bicyclic) bond motifs is 1. The fraction of sp³-hybridized carbons (Fsp3) is 0.143. The molecule has 0 spiro atoms. The molecular formula is C21H15Cl2F3O2. The van der Waals surface area contributed by atoms with E-state index in [4.69, 9.17) is 32.7 Å². The third kappa shape index (κ3) is 5.12. The quantitative estimate of drug-likeness (QED) is 0.417. The van der Waals surface area contributed by atoms with E-state index in [0.717, 1.165) is 22.9 Å². The molecule has 0 radical (unpaired) electrons. The first-order valence-corrected chi connectivity index (χ1v) is 9.05. The number of rotatable bonds is 6. The van der Waals surface area contributed by atoms with Crippen LogP contribution >= 0.6 is 23.2 Å². The molecule has 0 aliphatic carbocycles. The number of ether oxygens (including phenoxy) is 2. The van der Waals surface area contributed by atoms with Gasteiger partial charge in [0.15, 0.2) is 0 Å². The van der Waals surface area contributed by atoms with E-state index in [-0.39, 0.29) is 17.7 Å². The Labute approximate surface area is 170 Å². The van der Waals surface area contributed by atoms with E-state index >= 15 is 0 Å². The average molecular weight is 427 g/mol. The maximum Gasteiger partial charge on any atom is 0.416 e. The fourth-order valence-corrected chi connectivity index (χ4v) is 2.82. The molecular weight excluding hydrogens is 412 g/mol. The van der Waals surface area contributed by atoms with E-state index in [1.165, 1.54) is 12.1 Å². The Balaban J connectivity index is 1.81. The minimum Gasteiger partial charge on any atom is -0.489 e. The Morgan fingerprint density at radius 1 is 0.857 bits per heavy atom. The van der Waals surface area contributed by atoms with Gasteiger partial charge in [-0.15, -0.1) is 0 Å². The lowest BCUT2D eigenvalue weighted by atomic mass is 10.1. The molecule has 146 valence electrons. The van der Waals surface area contributed by atoms with Crippen LogP contribution in [0.4, 0.5) is 13.2 Å².